The van der Waals surface area contributed by atoms with E-state index in [1.54, 1.807) is 6.92 Å². The summed E-state index contributed by atoms with van der Waals surface area (Å²) < 4.78 is 4.31. The van der Waals surface area contributed by atoms with Crippen molar-refractivity contribution in [2.45, 2.75) is 18.1 Å². The number of ether oxygens (including phenoxy) is 1. The van der Waals surface area contributed by atoms with Gasteiger partial charge in [0.1, 0.15) is 0 Å². The van der Waals surface area contributed by atoms with E-state index in [9.17, 15) is 19.5 Å². The normalized spacial score (nSPS) is 19.7. The summed E-state index contributed by atoms with van der Waals surface area (Å²) in [5, 5.41) is 10.8. The van der Waals surface area contributed by atoms with Gasteiger partial charge >= 0.3 is 188 Å². The number of aryl methyl sites for hydroxylation is 1. The fourth-order valence-corrected chi connectivity index (χ4v) is 7.49. The van der Waals surface area contributed by atoms with Gasteiger partial charge in [-0.3, -0.25) is 0 Å². The second-order valence-corrected chi connectivity index (χ2v) is 11.4. The number of aliphatic carboxylic acids is 1. The van der Waals surface area contributed by atoms with Crippen LogP contribution >= 0.6 is 34.5 Å². The second kappa shape index (κ2) is 9.08. The van der Waals surface area contributed by atoms with Crippen LogP contribution in [0.25, 0.3) is 0 Å². The number of carbonyl (C=O) groups is 3. The molecule has 0 spiro atoms. The number of aromatic amines is 1. The van der Waals surface area contributed by atoms with E-state index in [0.717, 1.165) is 11.3 Å². The Labute approximate surface area is 187 Å². The standard InChI is InChI=1S/C17H18AsCl2N3O5S/c1-7-11(19)12(20)13(22-7)14(24)18-9-3-4-23(6-8(9)15(25)26)17-21-5-10(29-17)16(27)28-2/h5,8-9,18,22H,3-4,6H2,1-2H3,(H,25,26)/t8-,9+/m0/s1. The van der Waals surface area contributed by atoms with Gasteiger partial charge in [0.2, 0.25) is 0 Å². The number of H-pyrrole nitrogens is 1. The molecular weight excluding hydrogens is 504 g/mol. The second-order valence-electron chi connectivity index (χ2n) is 6.51. The van der Waals surface area contributed by atoms with Gasteiger partial charge in [-0.25, -0.2) is 0 Å². The zero-order valence-corrected chi connectivity index (χ0v) is 19.9. The third-order valence-electron chi connectivity index (χ3n) is 4.68. The molecule has 1 aliphatic heterocycles. The minimum absolute atomic E-state index is 0.142. The van der Waals surface area contributed by atoms with Crippen molar-refractivity contribution in [2.24, 2.45) is 5.92 Å². The van der Waals surface area contributed by atoms with Gasteiger partial charge in [-0.15, -0.1) is 0 Å². The van der Waals surface area contributed by atoms with Crippen LogP contribution in [-0.4, -0.2) is 67.5 Å². The predicted molar refractivity (Wildman–Crippen MR) is 112 cm³/mol. The zero-order chi connectivity index (χ0) is 21.3. The molecule has 0 radical (unpaired) electrons. The van der Waals surface area contributed by atoms with Gasteiger partial charge in [0, 0.05) is 0 Å². The van der Waals surface area contributed by atoms with Crippen LogP contribution in [0.3, 0.4) is 0 Å². The molecule has 0 amide bonds. The number of anilines is 1. The number of esters is 1. The number of nitrogens with one attached hydrogen (secondary N) is 1. The van der Waals surface area contributed by atoms with E-state index in [1.807, 2.05) is 4.90 Å². The molecule has 1 fully saturated rings. The number of hydrogen-bond donors (Lipinski definition) is 2. The van der Waals surface area contributed by atoms with Crippen LogP contribution in [0.4, 0.5) is 5.13 Å². The quantitative estimate of drug-likeness (QED) is 0.444. The Morgan fingerprint density at radius 1 is 1.38 bits per heavy atom. The molecule has 2 N–H and O–H groups in total. The van der Waals surface area contributed by atoms with Crippen molar-refractivity contribution in [3.8, 4) is 0 Å². The van der Waals surface area contributed by atoms with Crippen LogP contribution in [0.2, 0.25) is 14.8 Å². The number of thiazole rings is 1. The van der Waals surface area contributed by atoms with Gasteiger partial charge < -0.3 is 0 Å². The number of aromatic nitrogens is 2. The Balaban J connectivity index is 1.73. The Kier molecular flexibility index (Phi) is 6.94. The van der Waals surface area contributed by atoms with E-state index in [1.165, 1.54) is 13.3 Å². The number of rotatable bonds is 6. The van der Waals surface area contributed by atoms with E-state index in [2.05, 4.69) is 14.7 Å². The first-order valence-corrected chi connectivity index (χ1v) is 12.4. The number of carbonyl (C=O) groups excluding carboxylic acids is 2. The van der Waals surface area contributed by atoms with Crippen LogP contribution in [-0.2, 0) is 9.53 Å². The molecule has 0 aliphatic carbocycles. The maximum absolute atomic E-state index is 12.7. The predicted octanol–water partition coefficient (Wildman–Crippen LogP) is 2.85. The summed E-state index contributed by atoms with van der Waals surface area (Å²) in [5.41, 5.74) is 0.879. The van der Waals surface area contributed by atoms with Crippen LogP contribution < -0.4 is 4.90 Å². The summed E-state index contributed by atoms with van der Waals surface area (Å²) in [5.74, 6) is -2.14. The monoisotopic (exact) mass is 521 g/mol. The molecule has 1 saturated heterocycles. The summed E-state index contributed by atoms with van der Waals surface area (Å²) in [6, 6.07) is 0. The number of methoxy groups -OCH3 is 1. The summed E-state index contributed by atoms with van der Waals surface area (Å²) in [7, 11) is 1.29. The number of hydrogen-bond acceptors (Lipinski definition) is 7. The Hall–Kier alpha value is -1.54. The molecule has 2 aromatic rings. The van der Waals surface area contributed by atoms with E-state index in [0.29, 0.717) is 33.7 Å². The van der Waals surface area contributed by atoms with Gasteiger partial charge in [-0.1, -0.05) is 0 Å². The van der Waals surface area contributed by atoms with Crippen LogP contribution in [0.5, 0.6) is 0 Å². The average Bonchev–Trinajstić information content (AvgIpc) is 3.29. The summed E-state index contributed by atoms with van der Waals surface area (Å²) >= 11 is 12.0. The summed E-state index contributed by atoms with van der Waals surface area (Å²) in [6.45, 7) is 2.50. The Morgan fingerprint density at radius 2 is 2.10 bits per heavy atom. The molecule has 3 rings (SSSR count). The molecule has 0 saturated carbocycles. The minimum atomic E-state index is -1.30. The molecule has 12 heteroatoms. The van der Waals surface area contributed by atoms with Gasteiger partial charge in [0.25, 0.3) is 0 Å². The van der Waals surface area contributed by atoms with Crippen molar-refractivity contribution in [3.05, 3.63) is 32.5 Å². The topological polar surface area (TPSA) is 113 Å². The van der Waals surface area contributed by atoms with Crippen molar-refractivity contribution < 1.29 is 24.2 Å². The molecule has 0 bridgehead atoms. The molecule has 1 unspecified atom stereocenters. The SMILES string of the molecule is COC(=O)c1cnc(N2CC[C@@H]([AsH]C(=O)c3[nH]c(C)c(Cl)c3Cl)[C@@H](C(=O)O)C2)s1. The van der Waals surface area contributed by atoms with E-state index >= 15 is 0 Å². The fraction of sp³-hybridized carbons (Fsp3) is 0.412. The molecule has 3 atom stereocenters. The summed E-state index contributed by atoms with van der Waals surface area (Å²) in [4.78, 5) is 45.6. The van der Waals surface area contributed by atoms with Crippen molar-refractivity contribution in [1.82, 2.24) is 9.97 Å². The molecule has 2 aromatic heterocycles. The van der Waals surface area contributed by atoms with E-state index in [-0.39, 0.29) is 26.5 Å². The third-order valence-corrected chi connectivity index (χ3v) is 9.97. The number of nitrogens with zero attached hydrogens (tertiary/aromatic N) is 2. The number of carboxylic acid groups (broad SMARTS) is 1. The zero-order valence-electron chi connectivity index (χ0n) is 15.5. The Morgan fingerprint density at radius 3 is 2.69 bits per heavy atom. The van der Waals surface area contributed by atoms with Crippen LogP contribution in [0.1, 0.15) is 32.3 Å². The van der Waals surface area contributed by atoms with Crippen LogP contribution in [0, 0.1) is 12.8 Å². The number of piperidine rings is 1. The van der Waals surface area contributed by atoms with Gasteiger partial charge in [-0.05, 0) is 0 Å². The first kappa shape index (κ1) is 22.2. The molecule has 3 heterocycles. The first-order chi connectivity index (χ1) is 13.7. The fourth-order valence-electron chi connectivity index (χ4n) is 3.12. The molecule has 29 heavy (non-hydrogen) atoms. The van der Waals surface area contributed by atoms with Crippen molar-refractivity contribution in [2.75, 3.05) is 25.1 Å². The molecular formula is C17H18AsCl2N3O5S. The molecule has 1 aliphatic rings. The van der Waals surface area contributed by atoms with E-state index in [4.69, 9.17) is 23.2 Å². The van der Waals surface area contributed by atoms with E-state index < -0.39 is 33.6 Å². The van der Waals surface area contributed by atoms with Crippen molar-refractivity contribution >= 4 is 71.9 Å². The first-order valence-electron chi connectivity index (χ1n) is 8.59. The molecule has 156 valence electrons. The summed E-state index contributed by atoms with van der Waals surface area (Å²) in [6.07, 6.45) is 1.96. The maximum atomic E-state index is 12.7. The number of halogens is 2. The van der Waals surface area contributed by atoms with Crippen molar-refractivity contribution in [1.29, 1.82) is 0 Å². The molecule has 8 nitrogen and oxygen atoms in total. The average molecular weight is 522 g/mol. The molecule has 0 aromatic carbocycles. The van der Waals surface area contributed by atoms with Gasteiger partial charge in [-0.2, -0.15) is 0 Å². The van der Waals surface area contributed by atoms with Crippen molar-refractivity contribution in [3.63, 3.8) is 0 Å². The Bertz CT molecular complexity index is 963. The van der Waals surface area contributed by atoms with Gasteiger partial charge in [0.05, 0.1) is 0 Å². The van der Waals surface area contributed by atoms with Crippen LogP contribution in [0.15, 0.2) is 6.20 Å². The third kappa shape index (κ3) is 4.63. The number of carboxylic acids is 1. The van der Waals surface area contributed by atoms with Gasteiger partial charge in [0.15, 0.2) is 0 Å².